The maximum absolute atomic E-state index is 4.32. The average molecular weight is 356 g/mol. The summed E-state index contributed by atoms with van der Waals surface area (Å²) >= 11 is 5.52. The third-order valence-corrected chi connectivity index (χ3v) is 5.18. The number of nitrogens with one attached hydrogen (secondary N) is 2. The molecule has 2 N–H and O–H groups in total. The number of halogens is 1. The fraction of sp³-hybridized carbons (Fsp3) is 0.533. The normalized spacial score (nSPS) is 19.8. The zero-order valence-electron chi connectivity index (χ0n) is 12.1. The minimum atomic E-state index is 0.547. The van der Waals surface area contributed by atoms with Crippen LogP contribution in [0, 0.1) is 6.92 Å². The Balaban J connectivity index is 1.87. The first-order chi connectivity index (χ1) is 9.69. The quantitative estimate of drug-likeness (QED) is 0.644. The summed E-state index contributed by atoms with van der Waals surface area (Å²) in [5.41, 5.74) is 2.59. The molecule has 1 aromatic rings. The molecule has 1 aliphatic heterocycles. The van der Waals surface area contributed by atoms with E-state index in [1.165, 1.54) is 35.5 Å². The molecule has 5 heteroatoms. The van der Waals surface area contributed by atoms with Crippen LogP contribution in [-0.4, -0.2) is 30.6 Å². The van der Waals surface area contributed by atoms with Crippen molar-refractivity contribution in [2.45, 2.75) is 32.4 Å². The van der Waals surface area contributed by atoms with Crippen LogP contribution in [0.15, 0.2) is 27.7 Å². The molecule has 1 saturated heterocycles. The molecule has 2 rings (SSSR count). The van der Waals surface area contributed by atoms with Gasteiger partial charge in [0.25, 0.3) is 0 Å². The van der Waals surface area contributed by atoms with Gasteiger partial charge in [0.05, 0.1) is 0 Å². The molecule has 1 aliphatic rings. The van der Waals surface area contributed by atoms with Crippen molar-refractivity contribution < 1.29 is 0 Å². The van der Waals surface area contributed by atoms with Gasteiger partial charge in [0.15, 0.2) is 5.96 Å². The van der Waals surface area contributed by atoms with Gasteiger partial charge in [-0.3, -0.25) is 4.99 Å². The highest BCUT2D eigenvalue weighted by atomic mass is 79.9. The first kappa shape index (κ1) is 15.7. The second kappa shape index (κ2) is 7.93. The van der Waals surface area contributed by atoms with E-state index in [-0.39, 0.29) is 0 Å². The minimum Gasteiger partial charge on any atom is -0.353 e. The highest BCUT2D eigenvalue weighted by Gasteiger charge is 2.14. The largest absolute Gasteiger partial charge is 0.353 e. The summed E-state index contributed by atoms with van der Waals surface area (Å²) in [5, 5.41) is 6.92. The molecule has 1 heterocycles. The summed E-state index contributed by atoms with van der Waals surface area (Å²) in [5.74, 6) is 3.38. The Morgan fingerprint density at radius 3 is 3.00 bits per heavy atom. The van der Waals surface area contributed by atoms with Gasteiger partial charge < -0.3 is 10.6 Å². The number of hydrogen-bond acceptors (Lipinski definition) is 2. The van der Waals surface area contributed by atoms with Crippen molar-refractivity contribution in [1.82, 2.24) is 10.6 Å². The van der Waals surface area contributed by atoms with Crippen LogP contribution < -0.4 is 10.6 Å². The van der Waals surface area contributed by atoms with Crippen LogP contribution >= 0.6 is 27.7 Å². The van der Waals surface area contributed by atoms with Crippen LogP contribution in [0.5, 0.6) is 0 Å². The van der Waals surface area contributed by atoms with Crippen molar-refractivity contribution in [3.8, 4) is 0 Å². The third kappa shape index (κ3) is 4.70. The highest BCUT2D eigenvalue weighted by Crippen LogP contribution is 2.17. The second-order valence-corrected chi connectivity index (χ2v) is 7.12. The van der Waals surface area contributed by atoms with Crippen LogP contribution in [0.1, 0.15) is 24.0 Å². The topological polar surface area (TPSA) is 36.4 Å². The molecule has 0 aromatic heterocycles. The van der Waals surface area contributed by atoms with Crippen LogP contribution in [0.2, 0.25) is 0 Å². The standard InChI is InChI=1S/C15H22BrN3S/c1-11-8-13(16)6-5-12(11)9-18-15(17-2)19-14-4-3-7-20-10-14/h5-6,8,14H,3-4,7,9-10H2,1-2H3,(H2,17,18,19). The Kier molecular flexibility index (Phi) is 6.23. The van der Waals surface area contributed by atoms with Gasteiger partial charge in [-0.05, 0) is 48.8 Å². The van der Waals surface area contributed by atoms with Crippen molar-refractivity contribution >= 4 is 33.7 Å². The van der Waals surface area contributed by atoms with E-state index in [9.17, 15) is 0 Å². The van der Waals surface area contributed by atoms with Crippen LogP contribution in [-0.2, 0) is 6.54 Å². The Morgan fingerprint density at radius 1 is 1.50 bits per heavy atom. The molecule has 1 atom stereocenters. The van der Waals surface area contributed by atoms with E-state index in [4.69, 9.17) is 0 Å². The van der Waals surface area contributed by atoms with E-state index in [0.29, 0.717) is 6.04 Å². The van der Waals surface area contributed by atoms with E-state index in [1.807, 2.05) is 18.8 Å². The molecule has 110 valence electrons. The fourth-order valence-corrected chi connectivity index (χ4v) is 3.83. The fourth-order valence-electron chi connectivity index (χ4n) is 2.28. The molecule has 0 amide bonds. The number of nitrogens with zero attached hydrogens (tertiary/aromatic N) is 1. The molecule has 3 nitrogen and oxygen atoms in total. The van der Waals surface area contributed by atoms with Gasteiger partial charge in [-0.1, -0.05) is 22.0 Å². The zero-order chi connectivity index (χ0) is 14.4. The van der Waals surface area contributed by atoms with E-state index < -0.39 is 0 Å². The number of thioether (sulfide) groups is 1. The van der Waals surface area contributed by atoms with Crippen molar-refractivity contribution in [2.24, 2.45) is 4.99 Å². The SMILES string of the molecule is CN=C(NCc1ccc(Br)cc1C)NC1CCCSC1. The Bertz CT molecular complexity index is 470. The molecule has 1 aromatic carbocycles. The molecule has 0 aliphatic carbocycles. The number of benzene rings is 1. The number of rotatable bonds is 3. The maximum Gasteiger partial charge on any atom is 0.191 e. The molecular formula is C15H22BrN3S. The molecule has 0 radical (unpaired) electrons. The Morgan fingerprint density at radius 2 is 2.35 bits per heavy atom. The summed E-state index contributed by atoms with van der Waals surface area (Å²) < 4.78 is 1.13. The van der Waals surface area contributed by atoms with Gasteiger partial charge in [-0.2, -0.15) is 11.8 Å². The van der Waals surface area contributed by atoms with Gasteiger partial charge in [0.2, 0.25) is 0 Å². The number of guanidine groups is 1. The predicted molar refractivity (Wildman–Crippen MR) is 92.6 cm³/mol. The predicted octanol–water partition coefficient (Wildman–Crippen LogP) is 3.32. The molecule has 1 fully saturated rings. The molecule has 1 unspecified atom stereocenters. The van der Waals surface area contributed by atoms with Crippen LogP contribution in [0.25, 0.3) is 0 Å². The van der Waals surface area contributed by atoms with Gasteiger partial charge >= 0.3 is 0 Å². The number of aliphatic imine (C=N–C) groups is 1. The maximum atomic E-state index is 4.32. The summed E-state index contributed by atoms with van der Waals surface area (Å²) in [6.45, 7) is 2.94. The van der Waals surface area contributed by atoms with Crippen molar-refractivity contribution in [3.05, 3.63) is 33.8 Å². The van der Waals surface area contributed by atoms with Crippen molar-refractivity contribution in [3.63, 3.8) is 0 Å². The molecule has 0 spiro atoms. The highest BCUT2D eigenvalue weighted by molar-refractivity contribution is 9.10. The van der Waals surface area contributed by atoms with Crippen molar-refractivity contribution in [1.29, 1.82) is 0 Å². The minimum absolute atomic E-state index is 0.547. The molecule has 0 bridgehead atoms. The Labute approximate surface area is 134 Å². The van der Waals surface area contributed by atoms with Crippen molar-refractivity contribution in [2.75, 3.05) is 18.6 Å². The zero-order valence-corrected chi connectivity index (χ0v) is 14.5. The summed E-state index contributed by atoms with van der Waals surface area (Å²) in [6.07, 6.45) is 2.54. The lowest BCUT2D eigenvalue weighted by atomic mass is 10.1. The summed E-state index contributed by atoms with van der Waals surface area (Å²) in [6, 6.07) is 6.92. The molecule has 20 heavy (non-hydrogen) atoms. The number of aryl methyl sites for hydroxylation is 1. The second-order valence-electron chi connectivity index (χ2n) is 5.05. The van der Waals surface area contributed by atoms with Crippen LogP contribution in [0.4, 0.5) is 0 Å². The lowest BCUT2D eigenvalue weighted by Gasteiger charge is -2.24. The first-order valence-corrected chi connectivity index (χ1v) is 8.94. The lowest BCUT2D eigenvalue weighted by Crippen LogP contribution is -2.45. The van der Waals surface area contributed by atoms with Gasteiger partial charge in [0.1, 0.15) is 0 Å². The Hall–Kier alpha value is -0.680. The summed E-state index contributed by atoms with van der Waals surface area (Å²) in [4.78, 5) is 4.32. The third-order valence-electron chi connectivity index (χ3n) is 3.48. The number of hydrogen-bond donors (Lipinski definition) is 2. The first-order valence-electron chi connectivity index (χ1n) is 6.99. The smallest absolute Gasteiger partial charge is 0.191 e. The van der Waals surface area contributed by atoms with E-state index >= 15 is 0 Å². The summed E-state index contributed by atoms with van der Waals surface area (Å²) in [7, 11) is 1.83. The average Bonchev–Trinajstić information content (AvgIpc) is 2.46. The van der Waals surface area contributed by atoms with Gasteiger partial charge in [0, 0.05) is 29.9 Å². The lowest BCUT2D eigenvalue weighted by molar-refractivity contribution is 0.582. The van der Waals surface area contributed by atoms with E-state index in [1.54, 1.807) is 0 Å². The molecular weight excluding hydrogens is 334 g/mol. The van der Waals surface area contributed by atoms with Gasteiger partial charge in [-0.15, -0.1) is 0 Å². The monoisotopic (exact) mass is 355 g/mol. The molecule has 0 saturated carbocycles. The van der Waals surface area contributed by atoms with E-state index in [2.05, 4.69) is 56.7 Å². The van der Waals surface area contributed by atoms with Gasteiger partial charge in [-0.25, -0.2) is 0 Å². The van der Waals surface area contributed by atoms with Crippen LogP contribution in [0.3, 0.4) is 0 Å². The van der Waals surface area contributed by atoms with E-state index in [0.717, 1.165) is 17.0 Å².